The second-order valence-electron chi connectivity index (χ2n) is 4.32. The van der Waals surface area contributed by atoms with Crippen LogP contribution in [-0.2, 0) is 28.2 Å². The molecule has 0 unspecified atom stereocenters. The number of Topliss-reactive ketones (excluding diaryl/α,β-unsaturated/α-hetero) is 1. The van der Waals surface area contributed by atoms with E-state index in [0.29, 0.717) is 6.07 Å². The number of aliphatic carboxylic acids is 1. The highest BCUT2D eigenvalue weighted by molar-refractivity contribution is 6.01. The van der Waals surface area contributed by atoms with Crippen molar-refractivity contribution in [1.29, 1.82) is 0 Å². The number of hydrogen-bond donors (Lipinski definition) is 1. The van der Waals surface area contributed by atoms with Crippen LogP contribution in [0, 0.1) is 0 Å². The van der Waals surface area contributed by atoms with Gasteiger partial charge in [0.15, 0.2) is 5.69 Å². The molecule has 0 spiro atoms. The van der Waals surface area contributed by atoms with Gasteiger partial charge < -0.3 is 5.11 Å². The van der Waals surface area contributed by atoms with Crippen LogP contribution in [0.25, 0.3) is 0 Å². The molecule has 1 aromatic heterocycles. The highest BCUT2D eigenvalue weighted by Gasteiger charge is 2.54. The Labute approximate surface area is 99.2 Å². The first-order valence-electron chi connectivity index (χ1n) is 5.03. The van der Waals surface area contributed by atoms with Crippen molar-refractivity contribution >= 4 is 11.8 Å². The molecule has 0 bridgehead atoms. The fourth-order valence-electron chi connectivity index (χ4n) is 2.12. The first kappa shape index (κ1) is 12.6. The van der Waals surface area contributed by atoms with Crippen LogP contribution in [0.4, 0.5) is 13.2 Å². The maximum atomic E-state index is 12.5. The van der Waals surface area contributed by atoms with Gasteiger partial charge in [-0.2, -0.15) is 18.3 Å². The third-order valence-corrected chi connectivity index (χ3v) is 3.07. The Morgan fingerprint density at radius 2 is 2.06 bits per heavy atom. The highest BCUT2D eigenvalue weighted by atomic mass is 19.4. The monoisotopic (exact) mass is 262 g/mol. The SMILES string of the molecule is Cn1nc(C(F)(F)F)cc1C1(C(=O)O)CC(=O)C1. The number of aromatic nitrogens is 2. The molecular formula is C10H9F3N2O3. The van der Waals surface area contributed by atoms with Crippen LogP contribution in [0.1, 0.15) is 24.2 Å². The minimum Gasteiger partial charge on any atom is -0.481 e. The average molecular weight is 262 g/mol. The van der Waals surface area contributed by atoms with Gasteiger partial charge in [-0.25, -0.2) is 0 Å². The molecule has 1 aliphatic rings. The lowest BCUT2D eigenvalue weighted by molar-refractivity contribution is -0.153. The van der Waals surface area contributed by atoms with Gasteiger partial charge in [0.25, 0.3) is 0 Å². The summed E-state index contributed by atoms with van der Waals surface area (Å²) in [4.78, 5) is 22.2. The summed E-state index contributed by atoms with van der Waals surface area (Å²) < 4.78 is 38.3. The van der Waals surface area contributed by atoms with E-state index in [4.69, 9.17) is 5.11 Å². The zero-order chi connectivity index (χ0) is 13.7. The van der Waals surface area contributed by atoms with Crippen molar-refractivity contribution in [2.45, 2.75) is 24.4 Å². The van der Waals surface area contributed by atoms with Gasteiger partial charge >= 0.3 is 12.1 Å². The Balaban J connectivity index is 2.48. The Bertz CT molecular complexity index is 525. The predicted octanol–water partition coefficient (Wildman–Crippen LogP) is 1.12. The lowest BCUT2D eigenvalue weighted by Gasteiger charge is -2.35. The van der Waals surface area contributed by atoms with Crippen LogP contribution in [0.15, 0.2) is 6.07 Å². The number of halogens is 3. The second kappa shape index (κ2) is 3.56. The van der Waals surface area contributed by atoms with Gasteiger partial charge in [-0.15, -0.1) is 0 Å². The normalized spacial score (nSPS) is 18.6. The Hall–Kier alpha value is -1.86. The molecule has 1 aromatic rings. The molecular weight excluding hydrogens is 253 g/mol. The van der Waals surface area contributed by atoms with Crippen LogP contribution >= 0.6 is 0 Å². The fourth-order valence-corrected chi connectivity index (χ4v) is 2.12. The Morgan fingerprint density at radius 3 is 2.39 bits per heavy atom. The zero-order valence-electron chi connectivity index (χ0n) is 9.28. The minimum absolute atomic E-state index is 0.0954. The second-order valence-corrected chi connectivity index (χ2v) is 4.32. The first-order valence-corrected chi connectivity index (χ1v) is 5.03. The van der Waals surface area contributed by atoms with Crippen molar-refractivity contribution in [3.05, 3.63) is 17.5 Å². The quantitative estimate of drug-likeness (QED) is 0.867. The summed E-state index contributed by atoms with van der Waals surface area (Å²) in [5.41, 5.74) is -2.82. The summed E-state index contributed by atoms with van der Waals surface area (Å²) in [6.45, 7) is 0. The number of carbonyl (C=O) groups excluding carboxylic acids is 1. The van der Waals surface area contributed by atoms with Gasteiger partial charge in [-0.3, -0.25) is 14.3 Å². The number of aryl methyl sites for hydroxylation is 1. The van der Waals surface area contributed by atoms with Gasteiger partial charge in [0.05, 0.1) is 5.69 Å². The molecule has 5 nitrogen and oxygen atoms in total. The number of carboxylic acids is 1. The van der Waals surface area contributed by atoms with Crippen molar-refractivity contribution in [1.82, 2.24) is 9.78 Å². The number of alkyl halides is 3. The molecule has 1 heterocycles. The molecule has 0 saturated heterocycles. The van der Waals surface area contributed by atoms with Crippen LogP contribution in [-0.4, -0.2) is 26.6 Å². The average Bonchev–Trinajstić information content (AvgIpc) is 2.54. The summed E-state index contributed by atoms with van der Waals surface area (Å²) in [7, 11) is 1.23. The zero-order valence-corrected chi connectivity index (χ0v) is 9.28. The number of nitrogens with zero attached hydrogens (tertiary/aromatic N) is 2. The lowest BCUT2D eigenvalue weighted by atomic mass is 9.65. The largest absolute Gasteiger partial charge is 0.481 e. The molecule has 1 saturated carbocycles. The summed E-state index contributed by atoms with van der Waals surface area (Å²) >= 11 is 0. The number of hydrogen-bond acceptors (Lipinski definition) is 3. The third kappa shape index (κ3) is 1.68. The van der Waals surface area contributed by atoms with E-state index >= 15 is 0 Å². The molecule has 2 rings (SSSR count). The van der Waals surface area contributed by atoms with Crippen molar-refractivity contribution in [3.63, 3.8) is 0 Å². The summed E-state index contributed by atoms with van der Waals surface area (Å²) in [5, 5.41) is 12.4. The molecule has 0 aliphatic heterocycles. The molecule has 0 radical (unpaired) electrons. The Kier molecular flexibility index (Phi) is 2.49. The molecule has 8 heteroatoms. The maximum Gasteiger partial charge on any atom is 0.435 e. The molecule has 0 amide bonds. The van der Waals surface area contributed by atoms with Gasteiger partial charge in [-0.05, 0) is 6.07 Å². The van der Waals surface area contributed by atoms with Gasteiger partial charge in [0.1, 0.15) is 11.2 Å². The van der Waals surface area contributed by atoms with E-state index in [0.717, 1.165) is 4.68 Å². The molecule has 1 N–H and O–H groups in total. The third-order valence-electron chi connectivity index (χ3n) is 3.07. The molecule has 1 aliphatic carbocycles. The summed E-state index contributed by atoms with van der Waals surface area (Å²) in [6, 6.07) is 0.695. The minimum atomic E-state index is -4.64. The molecule has 0 aromatic carbocycles. The number of rotatable bonds is 2. The van der Waals surface area contributed by atoms with Crippen LogP contribution < -0.4 is 0 Å². The van der Waals surface area contributed by atoms with E-state index in [1.54, 1.807) is 0 Å². The molecule has 0 atom stereocenters. The van der Waals surface area contributed by atoms with Crippen LogP contribution in [0.3, 0.4) is 0 Å². The molecule has 98 valence electrons. The number of carboxylic acid groups (broad SMARTS) is 1. The first-order chi connectivity index (χ1) is 8.17. The maximum absolute atomic E-state index is 12.5. The van der Waals surface area contributed by atoms with Crippen molar-refractivity contribution in [2.75, 3.05) is 0 Å². The fraction of sp³-hybridized carbons (Fsp3) is 0.500. The highest BCUT2D eigenvalue weighted by Crippen LogP contribution is 2.43. The topological polar surface area (TPSA) is 72.2 Å². The van der Waals surface area contributed by atoms with E-state index < -0.39 is 23.3 Å². The number of carbonyl (C=O) groups is 2. The van der Waals surface area contributed by atoms with E-state index in [-0.39, 0.29) is 24.3 Å². The smallest absolute Gasteiger partial charge is 0.435 e. The molecule has 1 fully saturated rings. The van der Waals surface area contributed by atoms with Crippen LogP contribution in [0.2, 0.25) is 0 Å². The number of ketones is 1. The van der Waals surface area contributed by atoms with E-state index in [1.807, 2.05) is 0 Å². The van der Waals surface area contributed by atoms with E-state index in [1.165, 1.54) is 7.05 Å². The predicted molar refractivity (Wildman–Crippen MR) is 51.8 cm³/mol. The van der Waals surface area contributed by atoms with Crippen molar-refractivity contribution < 1.29 is 27.9 Å². The van der Waals surface area contributed by atoms with Gasteiger partial charge in [-0.1, -0.05) is 0 Å². The van der Waals surface area contributed by atoms with Gasteiger partial charge in [0.2, 0.25) is 0 Å². The van der Waals surface area contributed by atoms with Crippen LogP contribution in [0.5, 0.6) is 0 Å². The lowest BCUT2D eigenvalue weighted by Crippen LogP contribution is -2.49. The molecule has 18 heavy (non-hydrogen) atoms. The standard InChI is InChI=1S/C10H9F3N2O3/c1-15-7(2-6(14-15)10(11,12)13)9(8(17)18)3-5(16)4-9/h2H,3-4H2,1H3,(H,17,18). The van der Waals surface area contributed by atoms with Gasteiger partial charge in [0, 0.05) is 19.9 Å². The van der Waals surface area contributed by atoms with E-state index in [9.17, 15) is 22.8 Å². The van der Waals surface area contributed by atoms with Crippen molar-refractivity contribution in [2.24, 2.45) is 7.05 Å². The van der Waals surface area contributed by atoms with Crippen molar-refractivity contribution in [3.8, 4) is 0 Å². The summed E-state index contributed by atoms with van der Waals surface area (Å²) in [5.74, 6) is -1.59. The van der Waals surface area contributed by atoms with E-state index in [2.05, 4.69) is 5.10 Å². The Morgan fingerprint density at radius 1 is 1.50 bits per heavy atom. The summed E-state index contributed by atoms with van der Waals surface area (Å²) in [6.07, 6.45) is -5.22.